The van der Waals surface area contributed by atoms with Gasteiger partial charge in [-0.3, -0.25) is 0 Å². The van der Waals surface area contributed by atoms with Crippen LogP contribution < -0.4 is 0 Å². The van der Waals surface area contributed by atoms with E-state index in [1.807, 2.05) is 0 Å². The van der Waals surface area contributed by atoms with Gasteiger partial charge in [-0.25, -0.2) is 4.79 Å². The van der Waals surface area contributed by atoms with E-state index in [9.17, 15) is 18.0 Å². The Bertz CT molecular complexity index is 458. The van der Waals surface area contributed by atoms with Crippen molar-refractivity contribution in [3.8, 4) is 0 Å². The Morgan fingerprint density at radius 3 is 2.20 bits per heavy atom. The minimum absolute atomic E-state index is 0.177. The third kappa shape index (κ3) is 2.36. The fourth-order valence-corrected chi connectivity index (χ4v) is 5.43. The van der Waals surface area contributed by atoms with E-state index in [1.165, 1.54) is 0 Å². The van der Waals surface area contributed by atoms with Gasteiger partial charge in [0.25, 0.3) is 0 Å². The molecule has 0 aliphatic heterocycles. The molecule has 0 heterocycles. The predicted molar refractivity (Wildman–Crippen MR) is 70.4 cm³/mol. The van der Waals surface area contributed by atoms with Crippen molar-refractivity contribution in [2.24, 2.45) is 11.8 Å². The molecular formula is C14H17F3O2S. The van der Waals surface area contributed by atoms with E-state index >= 15 is 0 Å². The van der Waals surface area contributed by atoms with Gasteiger partial charge in [0.1, 0.15) is 11.2 Å². The maximum atomic E-state index is 12.5. The molecule has 4 aliphatic carbocycles. The molecule has 0 N–H and O–H groups in total. The minimum atomic E-state index is -4.72. The van der Waals surface area contributed by atoms with Gasteiger partial charge >= 0.3 is 12.1 Å². The Labute approximate surface area is 121 Å². The van der Waals surface area contributed by atoms with Crippen molar-refractivity contribution < 1.29 is 22.7 Å². The largest absolute Gasteiger partial charge is 0.455 e. The van der Waals surface area contributed by atoms with Gasteiger partial charge in [-0.1, -0.05) is 6.58 Å². The fraction of sp³-hybridized carbons (Fsp3) is 0.786. The van der Waals surface area contributed by atoms with Gasteiger partial charge in [0, 0.05) is 11.2 Å². The minimum Gasteiger partial charge on any atom is -0.455 e. The molecule has 0 saturated heterocycles. The van der Waals surface area contributed by atoms with Gasteiger partial charge in [-0.15, -0.1) is 0 Å². The Hall–Kier alpha value is -0.650. The summed E-state index contributed by atoms with van der Waals surface area (Å²) < 4.78 is 42.7. The Balaban J connectivity index is 1.77. The van der Waals surface area contributed by atoms with Gasteiger partial charge in [0.05, 0.1) is 0 Å². The Morgan fingerprint density at radius 2 is 1.75 bits per heavy atom. The van der Waals surface area contributed by atoms with Crippen LogP contribution in [0, 0.1) is 11.8 Å². The number of rotatable bonds is 2. The number of halogens is 3. The van der Waals surface area contributed by atoms with Gasteiger partial charge in [0.15, 0.2) is 0 Å². The summed E-state index contributed by atoms with van der Waals surface area (Å²) >= 11 is 4.70. The van der Waals surface area contributed by atoms with Crippen LogP contribution in [-0.4, -0.2) is 22.5 Å². The number of ether oxygens (including phenoxy) is 1. The van der Waals surface area contributed by atoms with Crippen molar-refractivity contribution in [3.63, 3.8) is 0 Å². The van der Waals surface area contributed by atoms with Crippen LogP contribution in [0.1, 0.15) is 38.5 Å². The van der Waals surface area contributed by atoms with Crippen molar-refractivity contribution in [2.75, 3.05) is 0 Å². The molecule has 4 saturated carbocycles. The number of thiol groups is 1. The standard InChI is InChI=1S/C14H17F3O2S/c1-8(14(15,16)17)11(18)19-12-3-9-2-10(4-12)6-13(20,5-9)7-12/h9-10,20H,1-7H2. The molecule has 0 aromatic carbocycles. The fourth-order valence-electron chi connectivity index (χ4n) is 4.62. The zero-order valence-corrected chi connectivity index (χ0v) is 11.9. The summed E-state index contributed by atoms with van der Waals surface area (Å²) in [7, 11) is 0. The Kier molecular flexibility index (Phi) is 2.99. The van der Waals surface area contributed by atoms with Gasteiger partial charge < -0.3 is 4.74 Å². The monoisotopic (exact) mass is 306 g/mol. The average Bonchev–Trinajstić information content (AvgIpc) is 2.22. The number of carbonyl (C=O) groups is 1. The molecule has 2 atom stereocenters. The Morgan fingerprint density at radius 1 is 1.20 bits per heavy atom. The first-order valence-corrected chi connectivity index (χ1v) is 7.27. The smallest absolute Gasteiger partial charge is 0.422 e. The first-order valence-electron chi connectivity index (χ1n) is 6.83. The van der Waals surface area contributed by atoms with Crippen molar-refractivity contribution in [2.45, 2.75) is 55.0 Å². The van der Waals surface area contributed by atoms with Crippen molar-refractivity contribution in [1.29, 1.82) is 0 Å². The number of hydrogen-bond donors (Lipinski definition) is 1. The van der Waals surface area contributed by atoms with E-state index in [0.717, 1.165) is 19.3 Å². The first-order chi connectivity index (χ1) is 9.11. The highest BCUT2D eigenvalue weighted by Gasteiger charge is 2.59. The lowest BCUT2D eigenvalue weighted by molar-refractivity contribution is -0.185. The van der Waals surface area contributed by atoms with E-state index in [4.69, 9.17) is 17.4 Å². The van der Waals surface area contributed by atoms with E-state index in [0.29, 0.717) is 31.1 Å². The molecule has 4 fully saturated rings. The second kappa shape index (κ2) is 4.18. The van der Waals surface area contributed by atoms with Crippen LogP contribution in [-0.2, 0) is 9.53 Å². The molecule has 0 aromatic rings. The third-order valence-corrected chi connectivity index (χ3v) is 5.40. The van der Waals surface area contributed by atoms with Crippen molar-refractivity contribution >= 4 is 18.6 Å². The second-order valence-corrected chi connectivity index (χ2v) is 7.68. The topological polar surface area (TPSA) is 26.3 Å². The molecule has 0 radical (unpaired) electrons. The molecular weight excluding hydrogens is 289 g/mol. The van der Waals surface area contributed by atoms with E-state index in [-0.39, 0.29) is 4.75 Å². The highest BCUT2D eigenvalue weighted by Crippen LogP contribution is 2.61. The summed E-state index contributed by atoms with van der Waals surface area (Å²) in [5.41, 5.74) is -2.17. The first kappa shape index (κ1) is 14.3. The molecule has 0 aromatic heterocycles. The molecule has 2 unspecified atom stereocenters. The third-order valence-electron chi connectivity index (χ3n) is 4.87. The number of esters is 1. The lowest BCUT2D eigenvalue weighted by Crippen LogP contribution is -2.58. The maximum absolute atomic E-state index is 12.5. The van der Waals surface area contributed by atoms with Gasteiger partial charge in [-0.05, 0) is 43.9 Å². The van der Waals surface area contributed by atoms with E-state index in [2.05, 4.69) is 6.58 Å². The molecule has 6 heteroatoms. The van der Waals surface area contributed by atoms with Crippen LogP contribution in [0.15, 0.2) is 12.2 Å². The molecule has 4 bridgehead atoms. The van der Waals surface area contributed by atoms with Crippen LogP contribution in [0.3, 0.4) is 0 Å². The van der Waals surface area contributed by atoms with Gasteiger partial charge in [0.2, 0.25) is 0 Å². The zero-order chi connectivity index (χ0) is 14.8. The molecule has 0 amide bonds. The lowest BCUT2D eigenvalue weighted by atomic mass is 9.53. The summed E-state index contributed by atoms with van der Waals surface area (Å²) in [6, 6.07) is 0. The molecule has 112 valence electrons. The van der Waals surface area contributed by atoms with Gasteiger partial charge in [-0.2, -0.15) is 25.8 Å². The maximum Gasteiger partial charge on any atom is 0.422 e. The predicted octanol–water partition coefficient (Wildman–Crippen LogP) is 3.67. The van der Waals surface area contributed by atoms with Crippen molar-refractivity contribution in [1.82, 2.24) is 0 Å². The SMILES string of the molecule is C=C(C(=O)OC12CC3CC(CC(S)(C3)C1)C2)C(F)(F)F. The summed E-state index contributed by atoms with van der Waals surface area (Å²) in [5.74, 6) is -0.488. The average molecular weight is 306 g/mol. The molecule has 2 nitrogen and oxygen atoms in total. The van der Waals surface area contributed by atoms with E-state index in [1.54, 1.807) is 0 Å². The normalized spacial score (nSPS) is 42.6. The summed E-state index contributed by atoms with van der Waals surface area (Å²) in [5, 5.41) is 0. The quantitative estimate of drug-likeness (QED) is 0.478. The summed E-state index contributed by atoms with van der Waals surface area (Å²) in [6.07, 6.45) is 0.219. The molecule has 4 aliphatic rings. The summed E-state index contributed by atoms with van der Waals surface area (Å²) in [4.78, 5) is 11.7. The molecule has 20 heavy (non-hydrogen) atoms. The van der Waals surface area contributed by atoms with Crippen LogP contribution >= 0.6 is 12.6 Å². The van der Waals surface area contributed by atoms with Crippen molar-refractivity contribution in [3.05, 3.63) is 12.2 Å². The molecule has 4 rings (SSSR count). The highest BCUT2D eigenvalue weighted by molar-refractivity contribution is 7.81. The second-order valence-electron chi connectivity index (χ2n) is 6.73. The van der Waals surface area contributed by atoms with Crippen LogP contribution in [0.25, 0.3) is 0 Å². The highest BCUT2D eigenvalue weighted by atomic mass is 32.1. The number of hydrogen-bond acceptors (Lipinski definition) is 3. The number of carbonyl (C=O) groups excluding carboxylic acids is 1. The lowest BCUT2D eigenvalue weighted by Gasteiger charge is -2.59. The summed E-state index contributed by atoms with van der Waals surface area (Å²) in [6.45, 7) is 2.82. The van der Waals surface area contributed by atoms with E-state index < -0.39 is 23.3 Å². The van der Waals surface area contributed by atoms with Crippen LogP contribution in [0.5, 0.6) is 0 Å². The van der Waals surface area contributed by atoms with Crippen LogP contribution in [0.4, 0.5) is 13.2 Å². The number of alkyl halides is 3. The zero-order valence-electron chi connectivity index (χ0n) is 11.0. The van der Waals surface area contributed by atoms with Crippen LogP contribution in [0.2, 0.25) is 0 Å². The molecule has 0 spiro atoms.